The van der Waals surface area contributed by atoms with E-state index in [1.807, 2.05) is 42.1 Å². The lowest BCUT2D eigenvalue weighted by Crippen LogP contribution is -2.08. The predicted molar refractivity (Wildman–Crippen MR) is 70.4 cm³/mol. The Morgan fingerprint density at radius 2 is 2.06 bits per heavy atom. The van der Waals surface area contributed by atoms with Gasteiger partial charge in [0.15, 0.2) is 5.78 Å². The molecule has 1 aromatic carbocycles. The van der Waals surface area contributed by atoms with Crippen LogP contribution in [0.4, 0.5) is 0 Å². The summed E-state index contributed by atoms with van der Waals surface area (Å²) in [7, 11) is 1.89. The maximum atomic E-state index is 12.1. The molecule has 0 radical (unpaired) electrons. The molecule has 0 aliphatic heterocycles. The van der Waals surface area contributed by atoms with Crippen LogP contribution in [0.3, 0.4) is 0 Å². The van der Waals surface area contributed by atoms with Crippen molar-refractivity contribution in [3.05, 3.63) is 53.6 Å². The van der Waals surface area contributed by atoms with E-state index in [4.69, 9.17) is 5.73 Å². The third-order valence-electron chi connectivity index (χ3n) is 2.95. The minimum atomic E-state index is 0.0867. The zero-order chi connectivity index (χ0) is 13.0. The number of benzene rings is 1. The smallest absolute Gasteiger partial charge is 0.170 e. The van der Waals surface area contributed by atoms with Gasteiger partial charge in [-0.25, -0.2) is 4.98 Å². The fourth-order valence-electron chi connectivity index (χ4n) is 1.84. The monoisotopic (exact) mass is 243 g/mol. The van der Waals surface area contributed by atoms with Crippen LogP contribution >= 0.6 is 0 Å². The molecule has 94 valence electrons. The Balaban J connectivity index is 2.07. The minimum Gasteiger partial charge on any atom is -0.338 e. The molecule has 0 aliphatic rings. The molecule has 0 saturated carbocycles. The van der Waals surface area contributed by atoms with Gasteiger partial charge in [0.1, 0.15) is 5.82 Å². The number of aromatic nitrogens is 2. The van der Waals surface area contributed by atoms with E-state index < -0.39 is 0 Å². The van der Waals surface area contributed by atoms with Crippen molar-refractivity contribution in [3.8, 4) is 0 Å². The number of rotatable bonds is 5. The van der Waals surface area contributed by atoms with E-state index in [9.17, 15) is 4.79 Å². The first kappa shape index (κ1) is 12.5. The van der Waals surface area contributed by atoms with Crippen molar-refractivity contribution in [1.82, 2.24) is 9.55 Å². The number of ketones is 1. The number of nitrogens with two attached hydrogens (primary N) is 1. The van der Waals surface area contributed by atoms with Gasteiger partial charge < -0.3 is 10.3 Å². The Labute approximate surface area is 106 Å². The third-order valence-corrected chi connectivity index (χ3v) is 2.95. The lowest BCUT2D eigenvalue weighted by molar-refractivity contribution is 0.0990. The van der Waals surface area contributed by atoms with Gasteiger partial charge in [0.05, 0.1) is 6.42 Å². The lowest BCUT2D eigenvalue weighted by Gasteiger charge is -2.03. The Morgan fingerprint density at radius 1 is 1.33 bits per heavy atom. The molecule has 1 heterocycles. The highest BCUT2D eigenvalue weighted by Crippen LogP contribution is 2.08. The number of carbonyl (C=O) groups excluding carboxylic acids is 1. The molecule has 4 heteroatoms. The van der Waals surface area contributed by atoms with Crippen molar-refractivity contribution < 1.29 is 4.79 Å². The summed E-state index contributed by atoms with van der Waals surface area (Å²) in [6, 6.07) is 7.63. The highest BCUT2D eigenvalue weighted by molar-refractivity contribution is 5.97. The Kier molecular flexibility index (Phi) is 3.89. The molecule has 0 fully saturated rings. The Morgan fingerprint density at radius 3 is 2.61 bits per heavy atom. The fraction of sp³-hybridized carbons (Fsp3) is 0.286. The second kappa shape index (κ2) is 5.60. The van der Waals surface area contributed by atoms with Gasteiger partial charge in [-0.05, 0) is 18.5 Å². The summed E-state index contributed by atoms with van der Waals surface area (Å²) in [6.45, 7) is 0.626. The highest BCUT2D eigenvalue weighted by Gasteiger charge is 2.09. The Bertz CT molecular complexity index is 528. The van der Waals surface area contributed by atoms with Crippen molar-refractivity contribution in [2.24, 2.45) is 12.8 Å². The summed E-state index contributed by atoms with van der Waals surface area (Å²) in [5.41, 5.74) is 7.37. The predicted octanol–water partition coefficient (Wildman–Crippen LogP) is 1.35. The summed E-state index contributed by atoms with van der Waals surface area (Å²) in [5.74, 6) is 0.870. The summed E-state index contributed by atoms with van der Waals surface area (Å²) in [5, 5.41) is 0. The van der Waals surface area contributed by atoms with Crippen molar-refractivity contribution in [2.45, 2.75) is 12.8 Å². The fourth-order valence-corrected chi connectivity index (χ4v) is 1.84. The van der Waals surface area contributed by atoms with Crippen LogP contribution in [0, 0.1) is 0 Å². The molecule has 0 bridgehead atoms. The molecule has 2 rings (SSSR count). The van der Waals surface area contributed by atoms with E-state index in [0.717, 1.165) is 23.4 Å². The number of carbonyl (C=O) groups is 1. The van der Waals surface area contributed by atoms with Gasteiger partial charge in [-0.2, -0.15) is 0 Å². The molecule has 0 saturated heterocycles. The molecular weight excluding hydrogens is 226 g/mol. The van der Waals surface area contributed by atoms with E-state index >= 15 is 0 Å². The van der Waals surface area contributed by atoms with Crippen molar-refractivity contribution in [2.75, 3.05) is 6.54 Å². The summed E-state index contributed by atoms with van der Waals surface area (Å²) in [6.07, 6.45) is 4.72. The van der Waals surface area contributed by atoms with Crippen LogP contribution in [-0.4, -0.2) is 21.9 Å². The number of Topliss-reactive ketones (excluding diaryl/α,β-unsaturated/α-hetero) is 1. The van der Waals surface area contributed by atoms with Gasteiger partial charge >= 0.3 is 0 Å². The van der Waals surface area contributed by atoms with E-state index in [-0.39, 0.29) is 5.78 Å². The van der Waals surface area contributed by atoms with Crippen LogP contribution in [0.15, 0.2) is 36.7 Å². The molecule has 0 atom stereocenters. The molecular formula is C14H17N3O. The molecule has 0 aliphatic carbocycles. The first-order valence-electron chi connectivity index (χ1n) is 5.99. The number of aryl methyl sites for hydroxylation is 1. The number of hydrogen-bond acceptors (Lipinski definition) is 3. The van der Waals surface area contributed by atoms with Gasteiger partial charge in [-0.15, -0.1) is 0 Å². The number of nitrogens with zero attached hydrogens (tertiary/aromatic N) is 2. The quantitative estimate of drug-likeness (QED) is 0.806. The number of hydrogen-bond donors (Lipinski definition) is 1. The van der Waals surface area contributed by atoms with Crippen LogP contribution in [0.1, 0.15) is 21.7 Å². The van der Waals surface area contributed by atoms with Gasteiger partial charge in [0, 0.05) is 25.0 Å². The standard InChI is InChI=1S/C14H17N3O/c1-17-9-8-16-14(17)10-13(18)12-4-2-11(3-5-12)6-7-15/h2-5,8-9H,6-7,10,15H2,1H3. The molecule has 0 unspecified atom stereocenters. The van der Waals surface area contributed by atoms with Crippen LogP contribution in [0.5, 0.6) is 0 Å². The molecule has 0 spiro atoms. The molecule has 4 nitrogen and oxygen atoms in total. The normalized spacial score (nSPS) is 10.6. The highest BCUT2D eigenvalue weighted by atomic mass is 16.1. The van der Waals surface area contributed by atoms with E-state index in [0.29, 0.717) is 13.0 Å². The van der Waals surface area contributed by atoms with E-state index in [1.54, 1.807) is 6.20 Å². The zero-order valence-electron chi connectivity index (χ0n) is 10.5. The second-order valence-corrected chi connectivity index (χ2v) is 4.29. The average Bonchev–Trinajstić information content (AvgIpc) is 2.76. The summed E-state index contributed by atoms with van der Waals surface area (Å²) < 4.78 is 1.86. The second-order valence-electron chi connectivity index (χ2n) is 4.29. The first-order valence-corrected chi connectivity index (χ1v) is 5.99. The molecule has 0 amide bonds. The molecule has 18 heavy (non-hydrogen) atoms. The topological polar surface area (TPSA) is 60.9 Å². The van der Waals surface area contributed by atoms with Crippen molar-refractivity contribution in [1.29, 1.82) is 0 Å². The SMILES string of the molecule is Cn1ccnc1CC(=O)c1ccc(CCN)cc1. The van der Waals surface area contributed by atoms with Gasteiger partial charge in [0.25, 0.3) is 0 Å². The largest absolute Gasteiger partial charge is 0.338 e. The third kappa shape index (κ3) is 2.84. The first-order chi connectivity index (χ1) is 8.70. The molecule has 2 N–H and O–H groups in total. The summed E-state index contributed by atoms with van der Waals surface area (Å²) in [4.78, 5) is 16.2. The summed E-state index contributed by atoms with van der Waals surface area (Å²) >= 11 is 0. The Hall–Kier alpha value is -1.94. The maximum Gasteiger partial charge on any atom is 0.170 e. The van der Waals surface area contributed by atoms with E-state index in [2.05, 4.69) is 4.98 Å². The van der Waals surface area contributed by atoms with Crippen LogP contribution < -0.4 is 5.73 Å². The minimum absolute atomic E-state index is 0.0867. The lowest BCUT2D eigenvalue weighted by atomic mass is 10.0. The average molecular weight is 243 g/mol. The zero-order valence-corrected chi connectivity index (χ0v) is 10.5. The number of imidazole rings is 1. The van der Waals surface area contributed by atoms with Crippen LogP contribution in [0.25, 0.3) is 0 Å². The molecule has 1 aromatic heterocycles. The van der Waals surface area contributed by atoms with Gasteiger partial charge in [-0.1, -0.05) is 24.3 Å². The van der Waals surface area contributed by atoms with E-state index in [1.165, 1.54) is 0 Å². The van der Waals surface area contributed by atoms with Crippen LogP contribution in [0.2, 0.25) is 0 Å². The van der Waals surface area contributed by atoms with Crippen molar-refractivity contribution in [3.63, 3.8) is 0 Å². The van der Waals surface area contributed by atoms with Crippen LogP contribution in [-0.2, 0) is 19.9 Å². The van der Waals surface area contributed by atoms with Gasteiger partial charge in [-0.3, -0.25) is 4.79 Å². The van der Waals surface area contributed by atoms with Crippen molar-refractivity contribution >= 4 is 5.78 Å². The van der Waals surface area contributed by atoms with Gasteiger partial charge in [0.2, 0.25) is 0 Å². The molecule has 2 aromatic rings. The maximum absolute atomic E-state index is 12.1.